The molecular weight excluding hydrogens is 200 g/mol. The molecule has 2 aromatic rings. The van der Waals surface area contributed by atoms with Gasteiger partial charge < -0.3 is 4.57 Å². The molecule has 2 rings (SSSR count). The van der Waals surface area contributed by atoms with Crippen LogP contribution in [0.15, 0.2) is 18.3 Å². The first-order valence-electron chi connectivity index (χ1n) is 4.21. The van der Waals surface area contributed by atoms with E-state index in [1.165, 1.54) is 6.92 Å². The largest absolute Gasteiger partial charge is 0.340 e. The van der Waals surface area contributed by atoms with E-state index in [9.17, 15) is 4.79 Å². The molecule has 0 aliphatic carbocycles. The molecule has 72 valence electrons. The van der Waals surface area contributed by atoms with Crippen LogP contribution < -0.4 is 0 Å². The Labute approximate surface area is 86.3 Å². The second kappa shape index (κ2) is 3.10. The van der Waals surface area contributed by atoms with Crippen molar-refractivity contribution in [3.8, 4) is 0 Å². The fourth-order valence-electron chi connectivity index (χ4n) is 1.51. The van der Waals surface area contributed by atoms with E-state index in [0.29, 0.717) is 10.7 Å². The van der Waals surface area contributed by atoms with Gasteiger partial charge >= 0.3 is 0 Å². The molecule has 0 aliphatic rings. The number of aryl methyl sites for hydroxylation is 1. The van der Waals surface area contributed by atoms with E-state index in [4.69, 9.17) is 11.6 Å². The molecule has 0 aliphatic heterocycles. The van der Waals surface area contributed by atoms with Gasteiger partial charge in [-0.15, -0.1) is 0 Å². The smallest absolute Gasteiger partial charge is 0.176 e. The zero-order chi connectivity index (χ0) is 10.3. The van der Waals surface area contributed by atoms with Gasteiger partial charge in [-0.3, -0.25) is 9.78 Å². The maximum atomic E-state index is 11.2. The molecule has 0 unspecified atom stereocenters. The van der Waals surface area contributed by atoms with Gasteiger partial charge in [0.05, 0.1) is 21.7 Å². The highest BCUT2D eigenvalue weighted by Gasteiger charge is 2.10. The van der Waals surface area contributed by atoms with Crippen molar-refractivity contribution in [1.82, 2.24) is 9.55 Å². The summed E-state index contributed by atoms with van der Waals surface area (Å²) >= 11 is 5.82. The van der Waals surface area contributed by atoms with Crippen LogP contribution in [0.4, 0.5) is 0 Å². The average Bonchev–Trinajstić information content (AvgIpc) is 2.44. The van der Waals surface area contributed by atoms with Gasteiger partial charge in [-0.2, -0.15) is 0 Å². The maximum absolute atomic E-state index is 11.2. The van der Waals surface area contributed by atoms with Crippen LogP contribution in [-0.2, 0) is 7.05 Å². The SMILES string of the molecule is CC(=O)c1cc2ncc(Cl)cc2n1C. The standard InChI is InChI=1S/C10H9ClN2O/c1-6(14)9-4-8-10(13(9)2)3-7(11)5-12-8/h3-5H,1-2H3. The van der Waals surface area contributed by atoms with Gasteiger partial charge in [-0.1, -0.05) is 11.6 Å². The van der Waals surface area contributed by atoms with E-state index in [2.05, 4.69) is 4.98 Å². The molecule has 0 saturated heterocycles. The van der Waals surface area contributed by atoms with Crippen LogP contribution in [0.5, 0.6) is 0 Å². The summed E-state index contributed by atoms with van der Waals surface area (Å²) in [5.74, 6) is 0.0293. The molecule has 2 heterocycles. The van der Waals surface area contributed by atoms with Crippen LogP contribution in [0.2, 0.25) is 5.02 Å². The molecule has 14 heavy (non-hydrogen) atoms. The Morgan fingerprint density at radius 3 is 2.86 bits per heavy atom. The molecule has 0 fully saturated rings. The predicted molar refractivity (Wildman–Crippen MR) is 55.7 cm³/mol. The number of rotatable bonds is 1. The van der Waals surface area contributed by atoms with Crippen molar-refractivity contribution in [2.75, 3.05) is 0 Å². The molecule has 0 N–H and O–H groups in total. The van der Waals surface area contributed by atoms with Gasteiger partial charge in [0, 0.05) is 20.2 Å². The molecule has 0 spiro atoms. The minimum Gasteiger partial charge on any atom is -0.340 e. The lowest BCUT2D eigenvalue weighted by atomic mass is 10.3. The fraction of sp³-hybridized carbons (Fsp3) is 0.200. The monoisotopic (exact) mass is 208 g/mol. The zero-order valence-corrected chi connectivity index (χ0v) is 8.67. The number of halogens is 1. The van der Waals surface area contributed by atoms with E-state index >= 15 is 0 Å². The Kier molecular flexibility index (Phi) is 2.04. The lowest BCUT2D eigenvalue weighted by molar-refractivity contribution is 0.101. The molecule has 0 radical (unpaired) electrons. The van der Waals surface area contributed by atoms with Gasteiger partial charge in [0.25, 0.3) is 0 Å². The Morgan fingerprint density at radius 2 is 2.21 bits per heavy atom. The molecule has 3 nitrogen and oxygen atoms in total. The highest BCUT2D eigenvalue weighted by Crippen LogP contribution is 2.20. The van der Waals surface area contributed by atoms with E-state index in [1.54, 1.807) is 22.9 Å². The van der Waals surface area contributed by atoms with Gasteiger partial charge in [0.15, 0.2) is 5.78 Å². The average molecular weight is 209 g/mol. The molecular formula is C10H9ClN2O. The normalized spacial score (nSPS) is 10.8. The Bertz CT molecular complexity index is 516. The van der Waals surface area contributed by atoms with Crippen molar-refractivity contribution in [1.29, 1.82) is 0 Å². The van der Waals surface area contributed by atoms with E-state index in [1.807, 2.05) is 7.05 Å². The predicted octanol–water partition coefficient (Wildman–Crippen LogP) is 2.43. The summed E-state index contributed by atoms with van der Waals surface area (Å²) in [6.07, 6.45) is 1.58. The summed E-state index contributed by atoms with van der Waals surface area (Å²) in [4.78, 5) is 15.4. The lowest BCUT2D eigenvalue weighted by Crippen LogP contribution is -2.00. The van der Waals surface area contributed by atoms with Gasteiger partial charge in [0.1, 0.15) is 0 Å². The van der Waals surface area contributed by atoms with E-state index < -0.39 is 0 Å². The number of ketones is 1. The molecule has 0 atom stereocenters. The fourth-order valence-corrected chi connectivity index (χ4v) is 1.67. The summed E-state index contributed by atoms with van der Waals surface area (Å²) in [6.45, 7) is 1.54. The summed E-state index contributed by atoms with van der Waals surface area (Å²) in [7, 11) is 1.83. The van der Waals surface area contributed by atoms with Crippen LogP contribution in [-0.4, -0.2) is 15.3 Å². The third-order valence-corrected chi connectivity index (χ3v) is 2.43. The third kappa shape index (κ3) is 1.30. The van der Waals surface area contributed by atoms with Crippen molar-refractivity contribution in [3.63, 3.8) is 0 Å². The lowest BCUT2D eigenvalue weighted by Gasteiger charge is -1.99. The van der Waals surface area contributed by atoms with Crippen molar-refractivity contribution in [2.45, 2.75) is 6.92 Å². The zero-order valence-electron chi connectivity index (χ0n) is 7.91. The number of pyridine rings is 1. The van der Waals surface area contributed by atoms with Crippen molar-refractivity contribution in [3.05, 3.63) is 29.0 Å². The first-order chi connectivity index (χ1) is 6.59. The summed E-state index contributed by atoms with van der Waals surface area (Å²) in [5.41, 5.74) is 2.32. The molecule has 0 saturated carbocycles. The Morgan fingerprint density at radius 1 is 1.50 bits per heavy atom. The van der Waals surface area contributed by atoms with Gasteiger partial charge in [0.2, 0.25) is 0 Å². The number of Topliss-reactive ketones (excluding diaryl/α,β-unsaturated/α-hetero) is 1. The van der Waals surface area contributed by atoms with Gasteiger partial charge in [-0.25, -0.2) is 0 Å². The quantitative estimate of drug-likeness (QED) is 0.675. The van der Waals surface area contributed by atoms with Crippen LogP contribution in [0.25, 0.3) is 11.0 Å². The highest BCUT2D eigenvalue weighted by molar-refractivity contribution is 6.31. The first-order valence-corrected chi connectivity index (χ1v) is 4.59. The van der Waals surface area contributed by atoms with Gasteiger partial charge in [-0.05, 0) is 12.1 Å². The summed E-state index contributed by atoms with van der Waals surface area (Å²) in [6, 6.07) is 3.57. The summed E-state index contributed by atoms with van der Waals surface area (Å²) in [5, 5.41) is 0.578. The third-order valence-electron chi connectivity index (χ3n) is 2.22. The van der Waals surface area contributed by atoms with Crippen molar-refractivity contribution >= 4 is 28.4 Å². The second-order valence-corrected chi connectivity index (χ2v) is 3.64. The summed E-state index contributed by atoms with van der Waals surface area (Å²) < 4.78 is 1.80. The molecule has 0 amide bonds. The van der Waals surface area contributed by atoms with Crippen molar-refractivity contribution < 1.29 is 4.79 Å². The molecule has 4 heteroatoms. The van der Waals surface area contributed by atoms with E-state index in [0.717, 1.165) is 11.0 Å². The van der Waals surface area contributed by atoms with Crippen molar-refractivity contribution in [2.24, 2.45) is 7.05 Å². The maximum Gasteiger partial charge on any atom is 0.176 e. The molecule has 0 bridgehead atoms. The second-order valence-electron chi connectivity index (χ2n) is 3.20. The van der Waals surface area contributed by atoms with Crippen LogP contribution in [0.1, 0.15) is 17.4 Å². The molecule has 0 aromatic carbocycles. The van der Waals surface area contributed by atoms with Crippen LogP contribution >= 0.6 is 11.6 Å². The minimum absolute atomic E-state index is 0.0293. The number of hydrogen-bond donors (Lipinski definition) is 0. The Hall–Kier alpha value is -1.35. The number of carbonyl (C=O) groups excluding carboxylic acids is 1. The topological polar surface area (TPSA) is 34.9 Å². The number of aromatic nitrogens is 2. The number of hydrogen-bond acceptors (Lipinski definition) is 2. The Balaban J connectivity index is 2.80. The number of carbonyl (C=O) groups is 1. The molecule has 2 aromatic heterocycles. The number of nitrogens with zero attached hydrogens (tertiary/aromatic N) is 2. The van der Waals surface area contributed by atoms with Crippen LogP contribution in [0, 0.1) is 0 Å². The highest BCUT2D eigenvalue weighted by atomic mass is 35.5. The first kappa shape index (κ1) is 9.21. The minimum atomic E-state index is 0.0293. The number of fused-ring (bicyclic) bond motifs is 1. The van der Waals surface area contributed by atoms with Crippen LogP contribution in [0.3, 0.4) is 0 Å². The van der Waals surface area contributed by atoms with E-state index in [-0.39, 0.29) is 5.78 Å².